The zero-order valence-corrected chi connectivity index (χ0v) is 11.9. The van der Waals surface area contributed by atoms with Crippen molar-refractivity contribution in [2.24, 2.45) is 0 Å². The molecule has 0 aliphatic rings. The van der Waals surface area contributed by atoms with Gasteiger partial charge in [0, 0.05) is 31.0 Å². The molecule has 0 saturated heterocycles. The van der Waals surface area contributed by atoms with Crippen LogP contribution in [0.1, 0.15) is 30.4 Å². The van der Waals surface area contributed by atoms with Crippen LogP contribution in [-0.2, 0) is 0 Å². The van der Waals surface area contributed by atoms with Gasteiger partial charge in [-0.1, -0.05) is 6.07 Å². The molecule has 2 aromatic rings. The fourth-order valence-electron chi connectivity index (χ4n) is 2.09. The van der Waals surface area contributed by atoms with Crippen LogP contribution in [0.2, 0.25) is 0 Å². The van der Waals surface area contributed by atoms with Crippen LogP contribution in [0.3, 0.4) is 0 Å². The van der Waals surface area contributed by atoms with E-state index in [0.29, 0.717) is 17.1 Å². The van der Waals surface area contributed by atoms with Gasteiger partial charge >= 0.3 is 0 Å². The van der Waals surface area contributed by atoms with E-state index in [2.05, 4.69) is 0 Å². The molecule has 5 nitrogen and oxygen atoms in total. The zero-order valence-electron chi connectivity index (χ0n) is 11.9. The topological polar surface area (TPSA) is 71.5 Å². The molecule has 3 N–H and O–H groups in total. The molecule has 1 amide bonds. The third-order valence-electron chi connectivity index (χ3n) is 3.17. The fourth-order valence-corrected chi connectivity index (χ4v) is 2.09. The summed E-state index contributed by atoms with van der Waals surface area (Å²) in [5, 5.41) is 9.50. The van der Waals surface area contributed by atoms with Crippen molar-refractivity contribution in [2.45, 2.75) is 19.9 Å². The molecule has 0 aliphatic heterocycles. The molecule has 0 atom stereocenters. The third-order valence-corrected chi connectivity index (χ3v) is 3.17. The molecule has 5 heteroatoms. The quantitative estimate of drug-likeness (QED) is 0.903. The minimum atomic E-state index is -0.166. The first-order valence-corrected chi connectivity index (χ1v) is 6.44. The monoisotopic (exact) mass is 273 g/mol. The van der Waals surface area contributed by atoms with E-state index >= 15 is 0 Å². The summed E-state index contributed by atoms with van der Waals surface area (Å²) in [7, 11) is 1.67. The Morgan fingerprint density at radius 2 is 2.05 bits per heavy atom. The van der Waals surface area contributed by atoms with Crippen molar-refractivity contribution >= 4 is 17.3 Å². The lowest BCUT2D eigenvalue weighted by Crippen LogP contribution is -2.28. The van der Waals surface area contributed by atoms with Crippen molar-refractivity contribution < 1.29 is 9.90 Å². The summed E-state index contributed by atoms with van der Waals surface area (Å²) in [6.07, 6.45) is 1.76. The van der Waals surface area contributed by atoms with Gasteiger partial charge in [-0.05, 0) is 32.0 Å². The third kappa shape index (κ3) is 2.61. The summed E-state index contributed by atoms with van der Waals surface area (Å²) in [6.45, 7) is 3.98. The van der Waals surface area contributed by atoms with Gasteiger partial charge in [-0.2, -0.15) is 0 Å². The number of nitrogens with two attached hydrogens (primary N) is 1. The average molecular weight is 273 g/mol. The molecule has 0 spiro atoms. The van der Waals surface area contributed by atoms with E-state index in [1.807, 2.05) is 18.4 Å². The predicted molar refractivity (Wildman–Crippen MR) is 80.1 cm³/mol. The number of benzene rings is 1. The molecular formula is C15H19N3O2. The molecule has 2 rings (SSSR count). The number of hydrogen-bond donors (Lipinski definition) is 2. The molecule has 0 bridgehead atoms. The van der Waals surface area contributed by atoms with Gasteiger partial charge in [-0.3, -0.25) is 4.79 Å². The Morgan fingerprint density at radius 3 is 2.65 bits per heavy atom. The summed E-state index contributed by atoms with van der Waals surface area (Å²) >= 11 is 0. The van der Waals surface area contributed by atoms with Gasteiger partial charge in [0.1, 0.15) is 11.4 Å². The number of phenols is 1. The molecule has 0 fully saturated rings. The van der Waals surface area contributed by atoms with Gasteiger partial charge in [0.25, 0.3) is 5.91 Å². The highest BCUT2D eigenvalue weighted by Gasteiger charge is 2.19. The van der Waals surface area contributed by atoms with Crippen molar-refractivity contribution in [1.82, 2.24) is 4.57 Å². The Morgan fingerprint density at radius 1 is 1.35 bits per heavy atom. The lowest BCUT2D eigenvalue weighted by Gasteiger charge is -2.20. The Labute approximate surface area is 118 Å². The summed E-state index contributed by atoms with van der Waals surface area (Å²) < 4.78 is 1.84. The highest BCUT2D eigenvalue weighted by molar-refractivity contribution is 6.05. The lowest BCUT2D eigenvalue weighted by atomic mass is 10.2. The Kier molecular flexibility index (Phi) is 3.70. The van der Waals surface area contributed by atoms with Crippen molar-refractivity contribution in [1.29, 1.82) is 0 Å². The first-order chi connectivity index (χ1) is 9.40. The van der Waals surface area contributed by atoms with Gasteiger partial charge in [-0.15, -0.1) is 0 Å². The molecule has 0 radical (unpaired) electrons. The standard InChI is InChI=1S/C15H19N3O2/c1-10(2)18-9-11(16)7-14(18)15(20)17(3)12-5-4-6-13(19)8-12/h4-10,19H,16H2,1-3H3. The number of phenolic OH excluding ortho intramolecular Hbond substituents is 1. The smallest absolute Gasteiger partial charge is 0.274 e. The minimum Gasteiger partial charge on any atom is -0.508 e. The first-order valence-electron chi connectivity index (χ1n) is 6.44. The number of nitrogens with zero attached hydrogens (tertiary/aromatic N) is 2. The second kappa shape index (κ2) is 5.28. The van der Waals surface area contributed by atoms with E-state index in [4.69, 9.17) is 5.73 Å². The number of aromatic hydroxyl groups is 1. The molecule has 0 unspecified atom stereocenters. The van der Waals surface area contributed by atoms with Gasteiger partial charge in [0.05, 0.1) is 5.69 Å². The predicted octanol–water partition coefficient (Wildman–Crippen LogP) is 2.63. The second-order valence-electron chi connectivity index (χ2n) is 5.04. The largest absolute Gasteiger partial charge is 0.508 e. The van der Waals surface area contributed by atoms with Crippen LogP contribution >= 0.6 is 0 Å². The number of aromatic nitrogens is 1. The highest BCUT2D eigenvalue weighted by atomic mass is 16.3. The zero-order chi connectivity index (χ0) is 14.9. The van der Waals surface area contributed by atoms with Gasteiger partial charge < -0.3 is 20.3 Å². The SMILES string of the molecule is CC(C)n1cc(N)cc1C(=O)N(C)c1cccc(O)c1. The first kappa shape index (κ1) is 14.0. The van der Waals surface area contributed by atoms with Crippen LogP contribution in [0.4, 0.5) is 11.4 Å². The van der Waals surface area contributed by atoms with Crippen LogP contribution in [0.5, 0.6) is 5.75 Å². The molecule has 1 aromatic carbocycles. The molecule has 1 heterocycles. The van der Waals surface area contributed by atoms with Crippen LogP contribution in [-0.4, -0.2) is 22.6 Å². The lowest BCUT2D eigenvalue weighted by molar-refractivity contribution is 0.0982. The highest BCUT2D eigenvalue weighted by Crippen LogP contribution is 2.23. The summed E-state index contributed by atoms with van der Waals surface area (Å²) in [5.74, 6) is -0.0399. The summed E-state index contributed by atoms with van der Waals surface area (Å²) in [6, 6.07) is 8.39. The minimum absolute atomic E-state index is 0.126. The van der Waals surface area contributed by atoms with Gasteiger partial charge in [0.2, 0.25) is 0 Å². The second-order valence-corrected chi connectivity index (χ2v) is 5.04. The number of hydrogen-bond acceptors (Lipinski definition) is 3. The van der Waals surface area contributed by atoms with Crippen LogP contribution < -0.4 is 10.6 Å². The van der Waals surface area contributed by atoms with Crippen LogP contribution in [0, 0.1) is 0 Å². The number of rotatable bonds is 3. The van der Waals surface area contributed by atoms with E-state index < -0.39 is 0 Å². The van der Waals surface area contributed by atoms with Gasteiger partial charge in [0.15, 0.2) is 0 Å². The average Bonchev–Trinajstić information content (AvgIpc) is 2.79. The Bertz CT molecular complexity index is 632. The fraction of sp³-hybridized carbons (Fsp3) is 0.267. The van der Waals surface area contributed by atoms with Crippen molar-refractivity contribution in [2.75, 3.05) is 17.7 Å². The number of amides is 1. The normalized spacial score (nSPS) is 10.8. The van der Waals surface area contributed by atoms with Crippen LogP contribution in [0.15, 0.2) is 36.5 Å². The maximum Gasteiger partial charge on any atom is 0.274 e. The van der Waals surface area contributed by atoms with Crippen molar-refractivity contribution in [3.63, 3.8) is 0 Å². The maximum absolute atomic E-state index is 12.6. The number of nitrogen functional groups attached to an aromatic ring is 1. The molecule has 0 saturated carbocycles. The number of carbonyl (C=O) groups is 1. The van der Waals surface area contributed by atoms with Crippen molar-refractivity contribution in [3.05, 3.63) is 42.2 Å². The summed E-state index contributed by atoms with van der Waals surface area (Å²) in [5.41, 5.74) is 7.51. The molecular weight excluding hydrogens is 254 g/mol. The molecule has 106 valence electrons. The van der Waals surface area contributed by atoms with E-state index in [9.17, 15) is 9.90 Å². The molecule has 20 heavy (non-hydrogen) atoms. The van der Waals surface area contributed by atoms with E-state index in [1.165, 1.54) is 4.90 Å². The number of anilines is 2. The molecule has 0 aliphatic carbocycles. The van der Waals surface area contributed by atoms with Crippen molar-refractivity contribution in [3.8, 4) is 5.75 Å². The maximum atomic E-state index is 12.6. The summed E-state index contributed by atoms with van der Waals surface area (Å²) in [4.78, 5) is 14.1. The number of carbonyl (C=O) groups excluding carboxylic acids is 1. The van der Waals surface area contributed by atoms with Crippen LogP contribution in [0.25, 0.3) is 0 Å². The van der Waals surface area contributed by atoms with E-state index in [0.717, 1.165) is 0 Å². The van der Waals surface area contributed by atoms with Gasteiger partial charge in [-0.25, -0.2) is 0 Å². The van der Waals surface area contributed by atoms with E-state index in [-0.39, 0.29) is 17.7 Å². The Hall–Kier alpha value is -2.43. The molecule has 1 aromatic heterocycles. The van der Waals surface area contributed by atoms with E-state index in [1.54, 1.807) is 43.6 Å². The Balaban J connectivity index is 2.36.